The fourth-order valence-electron chi connectivity index (χ4n) is 3.38. The van der Waals surface area contributed by atoms with E-state index in [1.54, 1.807) is 0 Å². The minimum Gasteiger partial charge on any atom is -0.369 e. The lowest BCUT2D eigenvalue weighted by molar-refractivity contribution is -0.121. The monoisotopic (exact) mass is 331 g/mol. The van der Waals surface area contributed by atoms with Crippen LogP contribution in [0.5, 0.6) is 0 Å². The lowest BCUT2D eigenvalue weighted by atomic mass is 10.0. The molecule has 1 saturated heterocycles. The molecule has 1 fully saturated rings. The largest absolute Gasteiger partial charge is 0.369 e. The van der Waals surface area contributed by atoms with E-state index in [4.69, 9.17) is 0 Å². The molecule has 1 N–H and O–H groups in total. The van der Waals surface area contributed by atoms with Crippen LogP contribution in [-0.2, 0) is 4.79 Å². The molecule has 24 heavy (non-hydrogen) atoms. The van der Waals surface area contributed by atoms with E-state index in [0.717, 1.165) is 58.5 Å². The maximum atomic E-state index is 11.8. The molecule has 4 nitrogen and oxygen atoms in total. The Labute approximate surface area is 147 Å². The summed E-state index contributed by atoms with van der Waals surface area (Å²) < 4.78 is 0. The van der Waals surface area contributed by atoms with Crippen LogP contribution in [0.4, 0.5) is 5.69 Å². The van der Waals surface area contributed by atoms with Gasteiger partial charge in [-0.05, 0) is 31.0 Å². The van der Waals surface area contributed by atoms with Crippen molar-refractivity contribution in [1.29, 1.82) is 0 Å². The number of nitrogens with zero attached hydrogens (tertiary/aromatic N) is 2. The topological polar surface area (TPSA) is 35.6 Å². The number of hydrogen-bond acceptors (Lipinski definition) is 3. The zero-order valence-electron chi connectivity index (χ0n) is 15.3. The second-order valence-electron chi connectivity index (χ2n) is 6.97. The van der Waals surface area contributed by atoms with E-state index in [0.29, 0.717) is 12.3 Å². The number of anilines is 1. The normalized spacial score (nSPS) is 16.8. The van der Waals surface area contributed by atoms with E-state index in [2.05, 4.69) is 59.3 Å². The smallest absolute Gasteiger partial charge is 0.220 e. The van der Waals surface area contributed by atoms with E-state index >= 15 is 0 Å². The number of nitrogens with one attached hydrogen (secondary N) is 1. The van der Waals surface area contributed by atoms with Crippen LogP contribution in [0.25, 0.3) is 0 Å². The van der Waals surface area contributed by atoms with Gasteiger partial charge >= 0.3 is 0 Å². The highest BCUT2D eigenvalue weighted by Crippen LogP contribution is 2.15. The summed E-state index contributed by atoms with van der Waals surface area (Å²) in [7, 11) is 0. The fourth-order valence-corrected chi connectivity index (χ4v) is 3.38. The molecule has 0 bridgehead atoms. The van der Waals surface area contributed by atoms with Crippen LogP contribution in [0.3, 0.4) is 0 Å². The Morgan fingerprint density at radius 1 is 1.17 bits per heavy atom. The van der Waals surface area contributed by atoms with Crippen molar-refractivity contribution in [2.24, 2.45) is 5.92 Å². The maximum absolute atomic E-state index is 11.8. The first-order valence-corrected chi connectivity index (χ1v) is 9.48. The van der Waals surface area contributed by atoms with Gasteiger partial charge in [0.25, 0.3) is 0 Å². The van der Waals surface area contributed by atoms with E-state index in [1.807, 2.05) is 0 Å². The maximum Gasteiger partial charge on any atom is 0.220 e. The van der Waals surface area contributed by atoms with Crippen LogP contribution in [0.1, 0.15) is 39.5 Å². The Morgan fingerprint density at radius 2 is 1.88 bits per heavy atom. The highest BCUT2D eigenvalue weighted by molar-refractivity contribution is 5.76. The van der Waals surface area contributed by atoms with Crippen molar-refractivity contribution in [3.63, 3.8) is 0 Å². The number of carbonyl (C=O) groups is 1. The number of para-hydroxylation sites is 1. The molecule has 134 valence electrons. The Morgan fingerprint density at radius 3 is 2.54 bits per heavy atom. The Balaban J connectivity index is 1.56. The highest BCUT2D eigenvalue weighted by Gasteiger charge is 2.16. The van der Waals surface area contributed by atoms with Gasteiger partial charge in [0.05, 0.1) is 0 Å². The van der Waals surface area contributed by atoms with Crippen molar-refractivity contribution in [1.82, 2.24) is 10.2 Å². The minimum absolute atomic E-state index is 0.213. The Bertz CT molecular complexity index is 469. The van der Waals surface area contributed by atoms with Crippen molar-refractivity contribution in [3.05, 3.63) is 30.3 Å². The fraction of sp³-hybridized carbons (Fsp3) is 0.650. The summed E-state index contributed by atoms with van der Waals surface area (Å²) in [6.45, 7) is 10.6. The molecule has 1 amide bonds. The van der Waals surface area contributed by atoms with Gasteiger partial charge in [-0.3, -0.25) is 9.69 Å². The number of carbonyl (C=O) groups excluding carboxylic acids is 1. The van der Waals surface area contributed by atoms with Crippen LogP contribution in [0.2, 0.25) is 0 Å². The number of rotatable bonds is 9. The summed E-state index contributed by atoms with van der Waals surface area (Å²) in [5, 5.41) is 3.07. The molecule has 1 atom stereocenters. The van der Waals surface area contributed by atoms with Crippen molar-refractivity contribution in [3.8, 4) is 0 Å². The molecule has 1 aromatic rings. The predicted octanol–water partition coefficient (Wildman–Crippen LogP) is 3.14. The third-order valence-electron chi connectivity index (χ3n) is 4.78. The summed E-state index contributed by atoms with van der Waals surface area (Å²) >= 11 is 0. The first kappa shape index (κ1) is 18.8. The lowest BCUT2D eigenvalue weighted by Gasteiger charge is -2.36. The molecule has 4 heteroatoms. The van der Waals surface area contributed by atoms with E-state index in [-0.39, 0.29) is 5.91 Å². The highest BCUT2D eigenvalue weighted by atomic mass is 16.1. The third-order valence-corrected chi connectivity index (χ3v) is 4.78. The summed E-state index contributed by atoms with van der Waals surface area (Å²) in [5.74, 6) is 0.714. The summed E-state index contributed by atoms with van der Waals surface area (Å²) in [4.78, 5) is 16.8. The SMILES string of the molecule is CCCC(C)CC(=O)NCCCN1CCN(c2ccccc2)CC1. The second-order valence-corrected chi connectivity index (χ2v) is 6.97. The van der Waals surface area contributed by atoms with Gasteiger partial charge in [0.15, 0.2) is 0 Å². The third kappa shape index (κ3) is 6.52. The second kappa shape index (κ2) is 10.3. The molecule has 0 aliphatic carbocycles. The average molecular weight is 332 g/mol. The molecule has 1 unspecified atom stereocenters. The molecule has 0 saturated carbocycles. The van der Waals surface area contributed by atoms with Gasteiger partial charge in [-0.1, -0.05) is 44.9 Å². The molecule has 0 aromatic heterocycles. The molecule has 2 rings (SSSR count). The van der Waals surface area contributed by atoms with Crippen molar-refractivity contribution in [2.45, 2.75) is 39.5 Å². The molecule has 0 radical (unpaired) electrons. The average Bonchev–Trinajstić information content (AvgIpc) is 2.60. The van der Waals surface area contributed by atoms with Crippen LogP contribution < -0.4 is 10.2 Å². The van der Waals surface area contributed by atoms with E-state index < -0.39 is 0 Å². The van der Waals surface area contributed by atoms with Gasteiger partial charge in [0.1, 0.15) is 0 Å². The van der Waals surface area contributed by atoms with Gasteiger partial charge in [0, 0.05) is 44.8 Å². The first-order valence-electron chi connectivity index (χ1n) is 9.48. The minimum atomic E-state index is 0.213. The van der Waals surface area contributed by atoms with Gasteiger partial charge in [0.2, 0.25) is 5.91 Å². The van der Waals surface area contributed by atoms with Gasteiger partial charge < -0.3 is 10.2 Å². The molecule has 0 spiro atoms. The Hall–Kier alpha value is -1.55. The Kier molecular flexibility index (Phi) is 8.10. The van der Waals surface area contributed by atoms with Crippen molar-refractivity contribution >= 4 is 11.6 Å². The lowest BCUT2D eigenvalue weighted by Crippen LogP contribution is -2.47. The van der Waals surface area contributed by atoms with Crippen LogP contribution >= 0.6 is 0 Å². The van der Waals surface area contributed by atoms with Gasteiger partial charge in [-0.25, -0.2) is 0 Å². The molecule has 1 aliphatic rings. The van der Waals surface area contributed by atoms with Crippen LogP contribution in [-0.4, -0.2) is 50.1 Å². The quantitative estimate of drug-likeness (QED) is 0.706. The first-order chi connectivity index (χ1) is 11.7. The van der Waals surface area contributed by atoms with Crippen LogP contribution in [0, 0.1) is 5.92 Å². The van der Waals surface area contributed by atoms with Gasteiger partial charge in [-0.2, -0.15) is 0 Å². The number of hydrogen-bond donors (Lipinski definition) is 1. The number of piperazine rings is 1. The van der Waals surface area contributed by atoms with Crippen LogP contribution in [0.15, 0.2) is 30.3 Å². The molecular formula is C20H33N3O. The van der Waals surface area contributed by atoms with E-state index in [9.17, 15) is 4.79 Å². The molecule has 1 aliphatic heterocycles. The summed E-state index contributed by atoms with van der Waals surface area (Å²) in [6.07, 6.45) is 4.01. The van der Waals surface area contributed by atoms with Gasteiger partial charge in [-0.15, -0.1) is 0 Å². The summed E-state index contributed by atoms with van der Waals surface area (Å²) in [5.41, 5.74) is 1.32. The predicted molar refractivity (Wildman–Crippen MR) is 101 cm³/mol. The number of amides is 1. The summed E-state index contributed by atoms with van der Waals surface area (Å²) in [6, 6.07) is 10.6. The molecular weight excluding hydrogens is 298 g/mol. The van der Waals surface area contributed by atoms with Crippen molar-refractivity contribution in [2.75, 3.05) is 44.2 Å². The van der Waals surface area contributed by atoms with E-state index in [1.165, 1.54) is 5.69 Å². The molecule has 1 heterocycles. The number of benzene rings is 1. The molecule has 1 aromatic carbocycles. The standard InChI is InChI=1S/C20H33N3O/c1-3-8-18(2)17-20(24)21-11-7-12-22-13-15-23(16-14-22)19-9-5-4-6-10-19/h4-6,9-10,18H,3,7-8,11-17H2,1-2H3,(H,21,24). The zero-order chi connectivity index (χ0) is 17.2. The van der Waals surface area contributed by atoms with Crippen molar-refractivity contribution < 1.29 is 4.79 Å². The zero-order valence-corrected chi connectivity index (χ0v) is 15.3.